The minimum Gasteiger partial charge on any atom is -0.328 e. The lowest BCUT2D eigenvalue weighted by Crippen LogP contribution is -2.40. The molecule has 0 bridgehead atoms. The molecule has 2 unspecified atom stereocenters. The summed E-state index contributed by atoms with van der Waals surface area (Å²) >= 11 is 0. The third-order valence-electron chi connectivity index (χ3n) is 4.03. The van der Waals surface area contributed by atoms with Gasteiger partial charge in [0.25, 0.3) is 0 Å². The summed E-state index contributed by atoms with van der Waals surface area (Å²) in [7, 11) is -3.66. The van der Waals surface area contributed by atoms with E-state index in [0.29, 0.717) is 17.7 Å². The highest BCUT2D eigenvalue weighted by atomic mass is 35.5. The molecule has 0 radical (unpaired) electrons. The lowest BCUT2D eigenvalue weighted by Gasteiger charge is -2.21. The molecule has 2 rings (SSSR count). The van der Waals surface area contributed by atoms with Crippen LogP contribution in [0.4, 0.5) is 5.69 Å². The fourth-order valence-electron chi connectivity index (χ4n) is 2.92. The van der Waals surface area contributed by atoms with Gasteiger partial charge in [-0.15, -0.1) is 12.4 Å². The van der Waals surface area contributed by atoms with E-state index in [4.69, 9.17) is 5.73 Å². The number of halogens is 1. The van der Waals surface area contributed by atoms with Crippen molar-refractivity contribution in [1.29, 1.82) is 0 Å². The average molecular weight is 390 g/mol. The summed E-state index contributed by atoms with van der Waals surface area (Å²) in [6.07, 6.45) is 2.30. The SMILES string of the molecule is Cc1ccc(NC(=O)C2CCC(N)C2)cc1S(=O)(=O)NC(C)(C)C.Cl. The van der Waals surface area contributed by atoms with Crippen molar-refractivity contribution in [2.45, 2.75) is 63.4 Å². The van der Waals surface area contributed by atoms with Gasteiger partial charge in [0.15, 0.2) is 0 Å². The number of benzene rings is 1. The Morgan fingerprint density at radius 2 is 1.88 bits per heavy atom. The number of rotatable bonds is 4. The molecule has 0 aromatic heterocycles. The van der Waals surface area contributed by atoms with E-state index >= 15 is 0 Å². The molecule has 0 saturated heterocycles. The van der Waals surface area contributed by atoms with Crippen LogP contribution >= 0.6 is 12.4 Å². The van der Waals surface area contributed by atoms with Gasteiger partial charge in [0.1, 0.15) is 0 Å². The highest BCUT2D eigenvalue weighted by Crippen LogP contribution is 2.27. The number of nitrogens with two attached hydrogens (primary N) is 1. The largest absolute Gasteiger partial charge is 0.328 e. The molecule has 1 fully saturated rings. The first-order valence-corrected chi connectivity index (χ1v) is 9.67. The topological polar surface area (TPSA) is 101 Å². The molecule has 25 heavy (non-hydrogen) atoms. The summed E-state index contributed by atoms with van der Waals surface area (Å²) in [4.78, 5) is 12.5. The molecule has 8 heteroatoms. The van der Waals surface area contributed by atoms with Gasteiger partial charge in [0.2, 0.25) is 15.9 Å². The van der Waals surface area contributed by atoms with Gasteiger partial charge in [-0.25, -0.2) is 13.1 Å². The lowest BCUT2D eigenvalue weighted by molar-refractivity contribution is -0.119. The second-order valence-corrected chi connectivity index (χ2v) is 9.25. The number of amides is 1. The molecule has 0 heterocycles. The summed E-state index contributed by atoms with van der Waals surface area (Å²) in [5.74, 6) is -0.201. The smallest absolute Gasteiger partial charge is 0.241 e. The van der Waals surface area contributed by atoms with Gasteiger partial charge in [0, 0.05) is 23.2 Å². The molecular formula is C17H28ClN3O3S. The van der Waals surface area contributed by atoms with E-state index in [1.54, 1.807) is 39.8 Å². The number of carbonyl (C=O) groups is 1. The fourth-order valence-corrected chi connectivity index (χ4v) is 4.61. The summed E-state index contributed by atoms with van der Waals surface area (Å²) in [5, 5.41) is 2.82. The molecule has 1 amide bonds. The molecule has 6 nitrogen and oxygen atoms in total. The van der Waals surface area contributed by atoms with Crippen LogP contribution in [0.1, 0.15) is 45.6 Å². The van der Waals surface area contributed by atoms with Crippen molar-refractivity contribution >= 4 is 34.0 Å². The van der Waals surface area contributed by atoms with Crippen molar-refractivity contribution in [1.82, 2.24) is 4.72 Å². The molecule has 4 N–H and O–H groups in total. The van der Waals surface area contributed by atoms with Gasteiger partial charge in [-0.1, -0.05) is 6.07 Å². The number of carbonyl (C=O) groups excluding carboxylic acids is 1. The molecule has 1 aliphatic carbocycles. The molecule has 1 saturated carbocycles. The Balaban J connectivity index is 0.00000312. The van der Waals surface area contributed by atoms with Crippen LogP contribution < -0.4 is 15.8 Å². The van der Waals surface area contributed by atoms with Crippen LogP contribution in [-0.4, -0.2) is 25.9 Å². The zero-order chi connectivity index (χ0) is 18.1. The fraction of sp³-hybridized carbons (Fsp3) is 0.588. The third-order valence-corrected chi connectivity index (χ3v) is 5.93. The quantitative estimate of drug-likeness (QED) is 0.736. The summed E-state index contributed by atoms with van der Waals surface area (Å²) in [5.41, 5.74) is 6.39. The Bertz CT molecular complexity index is 729. The van der Waals surface area contributed by atoms with E-state index in [1.165, 1.54) is 6.07 Å². The minimum absolute atomic E-state index is 0. The minimum atomic E-state index is -3.66. The number of hydrogen-bond donors (Lipinski definition) is 3. The number of aryl methyl sites for hydroxylation is 1. The normalized spacial score (nSPS) is 20.8. The van der Waals surface area contributed by atoms with Crippen LogP contribution in [0.25, 0.3) is 0 Å². The molecule has 2 atom stereocenters. The Morgan fingerprint density at radius 1 is 1.24 bits per heavy atom. The second-order valence-electron chi connectivity index (χ2n) is 7.60. The maximum absolute atomic E-state index is 12.6. The zero-order valence-electron chi connectivity index (χ0n) is 15.1. The van der Waals surface area contributed by atoms with Crippen LogP contribution in [0.15, 0.2) is 23.1 Å². The predicted molar refractivity (Wildman–Crippen MR) is 102 cm³/mol. The van der Waals surface area contributed by atoms with Crippen molar-refractivity contribution < 1.29 is 13.2 Å². The molecule has 1 aromatic rings. The Kier molecular flexibility index (Phi) is 7.03. The number of sulfonamides is 1. The van der Waals surface area contributed by atoms with Gasteiger partial charge in [-0.3, -0.25) is 4.79 Å². The van der Waals surface area contributed by atoms with Crippen molar-refractivity contribution in [3.05, 3.63) is 23.8 Å². The molecule has 0 aliphatic heterocycles. The second kappa shape index (κ2) is 8.03. The highest BCUT2D eigenvalue weighted by Gasteiger charge is 2.28. The lowest BCUT2D eigenvalue weighted by atomic mass is 10.1. The van der Waals surface area contributed by atoms with Crippen LogP contribution in [0.2, 0.25) is 0 Å². The number of hydrogen-bond acceptors (Lipinski definition) is 4. The zero-order valence-corrected chi connectivity index (χ0v) is 16.8. The monoisotopic (exact) mass is 389 g/mol. The van der Waals surface area contributed by atoms with Crippen molar-refractivity contribution in [2.75, 3.05) is 5.32 Å². The van der Waals surface area contributed by atoms with Gasteiger partial charge in [-0.05, 0) is 64.7 Å². The number of nitrogens with one attached hydrogen (secondary N) is 2. The third kappa shape index (κ3) is 5.95. The molecule has 142 valence electrons. The van der Waals surface area contributed by atoms with Crippen molar-refractivity contribution in [3.8, 4) is 0 Å². The van der Waals surface area contributed by atoms with Crippen LogP contribution in [0.3, 0.4) is 0 Å². The molecule has 1 aromatic carbocycles. The van der Waals surface area contributed by atoms with Gasteiger partial charge < -0.3 is 11.1 Å². The maximum atomic E-state index is 12.6. The summed E-state index contributed by atoms with van der Waals surface area (Å²) in [6.45, 7) is 7.09. The molecule has 0 spiro atoms. The summed E-state index contributed by atoms with van der Waals surface area (Å²) < 4.78 is 27.8. The number of anilines is 1. The van der Waals surface area contributed by atoms with Crippen molar-refractivity contribution in [2.24, 2.45) is 11.7 Å². The van der Waals surface area contributed by atoms with Crippen LogP contribution in [0.5, 0.6) is 0 Å². The predicted octanol–water partition coefficient (Wildman–Crippen LogP) is 2.56. The van der Waals surface area contributed by atoms with E-state index in [9.17, 15) is 13.2 Å². The van der Waals surface area contributed by atoms with Gasteiger partial charge in [0.05, 0.1) is 4.90 Å². The standard InChI is InChI=1S/C17H27N3O3S.ClH/c1-11-5-8-14(19-16(21)12-6-7-13(18)9-12)10-15(11)24(22,23)20-17(2,3)4;/h5,8,10,12-13,20H,6-7,9,18H2,1-4H3,(H,19,21);1H. The van der Waals surface area contributed by atoms with E-state index < -0.39 is 15.6 Å². The Labute approximate surface area is 156 Å². The Hall–Kier alpha value is -1.15. The van der Waals surface area contributed by atoms with Gasteiger partial charge >= 0.3 is 0 Å². The molecular weight excluding hydrogens is 362 g/mol. The van der Waals surface area contributed by atoms with E-state index in [1.807, 2.05) is 0 Å². The van der Waals surface area contributed by atoms with Crippen LogP contribution in [-0.2, 0) is 14.8 Å². The van der Waals surface area contributed by atoms with E-state index in [2.05, 4.69) is 10.0 Å². The van der Waals surface area contributed by atoms with Crippen LogP contribution in [0, 0.1) is 12.8 Å². The van der Waals surface area contributed by atoms with E-state index in [-0.39, 0.29) is 35.2 Å². The first kappa shape index (κ1) is 21.9. The highest BCUT2D eigenvalue weighted by molar-refractivity contribution is 7.89. The molecule has 1 aliphatic rings. The van der Waals surface area contributed by atoms with Gasteiger partial charge in [-0.2, -0.15) is 0 Å². The van der Waals surface area contributed by atoms with Crippen molar-refractivity contribution in [3.63, 3.8) is 0 Å². The Morgan fingerprint density at radius 3 is 2.40 bits per heavy atom. The first-order valence-electron chi connectivity index (χ1n) is 8.19. The first-order chi connectivity index (χ1) is 11.0. The maximum Gasteiger partial charge on any atom is 0.241 e. The van der Waals surface area contributed by atoms with E-state index in [0.717, 1.165) is 12.8 Å². The average Bonchev–Trinajstić information content (AvgIpc) is 2.85. The summed E-state index contributed by atoms with van der Waals surface area (Å²) in [6, 6.07) is 5.01.